The minimum Gasteiger partial charge on any atom is -0.380 e. The highest BCUT2D eigenvalue weighted by molar-refractivity contribution is 5.95. The summed E-state index contributed by atoms with van der Waals surface area (Å²) < 4.78 is 44.1. The fraction of sp³-hybridized carbons (Fsp3) is 0.522. The molecular weight excluding hydrogens is 423 g/mol. The maximum absolute atomic E-state index is 13.1. The quantitative estimate of drug-likeness (QED) is 0.659. The first kappa shape index (κ1) is 24.0. The molecule has 32 heavy (non-hydrogen) atoms. The van der Waals surface area contributed by atoms with Gasteiger partial charge < -0.3 is 9.64 Å². The summed E-state index contributed by atoms with van der Waals surface area (Å²) in [4.78, 5) is 34.2. The number of H-pyrrole nitrogens is 1. The molecule has 0 bridgehead atoms. The third-order valence-electron chi connectivity index (χ3n) is 5.87. The molecule has 6 nitrogen and oxygen atoms in total. The number of ether oxygens (including phenoxy) is 1. The van der Waals surface area contributed by atoms with E-state index in [1.807, 2.05) is 25.7 Å². The number of aromatic nitrogens is 2. The van der Waals surface area contributed by atoms with Crippen molar-refractivity contribution in [3.05, 3.63) is 57.5 Å². The number of methoxy groups -OCH3 is 1. The first-order valence-electron chi connectivity index (χ1n) is 10.5. The predicted molar refractivity (Wildman–Crippen MR) is 115 cm³/mol. The lowest BCUT2D eigenvalue weighted by Crippen LogP contribution is -2.28. The molecule has 2 atom stereocenters. The van der Waals surface area contributed by atoms with E-state index in [0.717, 1.165) is 18.6 Å². The van der Waals surface area contributed by atoms with Gasteiger partial charge in [0.1, 0.15) is 5.69 Å². The van der Waals surface area contributed by atoms with E-state index in [2.05, 4.69) is 9.97 Å². The molecule has 0 saturated carbocycles. The van der Waals surface area contributed by atoms with E-state index >= 15 is 0 Å². The number of nitrogens with one attached hydrogen (secondary N) is 1. The van der Waals surface area contributed by atoms with Gasteiger partial charge in [0.25, 0.3) is 5.56 Å². The maximum atomic E-state index is 13.1. The number of anilines is 1. The van der Waals surface area contributed by atoms with Gasteiger partial charge >= 0.3 is 6.18 Å². The number of carbonyl (C=O) groups is 1. The van der Waals surface area contributed by atoms with Gasteiger partial charge in [-0.25, -0.2) is 4.98 Å². The van der Waals surface area contributed by atoms with E-state index in [-0.39, 0.29) is 29.9 Å². The zero-order valence-electron chi connectivity index (χ0n) is 18.6. The second kappa shape index (κ2) is 9.05. The van der Waals surface area contributed by atoms with E-state index in [0.29, 0.717) is 24.6 Å². The van der Waals surface area contributed by atoms with E-state index < -0.39 is 22.7 Å². The molecule has 3 rings (SSSR count). The number of hydrogen-bond acceptors (Lipinski definition) is 5. The van der Waals surface area contributed by atoms with Crippen molar-refractivity contribution in [2.75, 3.05) is 25.1 Å². The van der Waals surface area contributed by atoms with Gasteiger partial charge in [-0.05, 0) is 35.4 Å². The number of Topliss-reactive ketones (excluding diaryl/α,β-unsaturated/α-hetero) is 1. The highest BCUT2D eigenvalue weighted by atomic mass is 19.4. The number of benzene rings is 1. The standard InChI is InChI=1S/C23H28F3N3O3/c1-22(2,3)17(14-5-7-15(8-6-14)23(24,25)26)11-19(30)18-12-20(31)28-21(27-18)29-10-9-16(13-29)32-4/h5-8,12,16-17H,9-11,13H2,1-4H3,(H,27,28,31)/t16-,17-/m0/s1. The summed E-state index contributed by atoms with van der Waals surface area (Å²) in [5.74, 6) is -0.367. The van der Waals surface area contributed by atoms with Gasteiger partial charge in [-0.3, -0.25) is 14.6 Å². The van der Waals surface area contributed by atoms with E-state index in [1.54, 1.807) is 7.11 Å². The summed E-state index contributed by atoms with van der Waals surface area (Å²) in [6.07, 6.45) is -3.58. The van der Waals surface area contributed by atoms with Crippen molar-refractivity contribution in [1.29, 1.82) is 0 Å². The van der Waals surface area contributed by atoms with Crippen LogP contribution in [0.25, 0.3) is 0 Å². The molecule has 0 amide bonds. The molecule has 1 aromatic carbocycles. The summed E-state index contributed by atoms with van der Waals surface area (Å²) in [6, 6.07) is 6.06. The number of alkyl halides is 3. The van der Waals surface area contributed by atoms with E-state index in [4.69, 9.17) is 4.74 Å². The average molecular weight is 451 g/mol. The second-order valence-corrected chi connectivity index (χ2v) is 9.21. The minimum absolute atomic E-state index is 0.0193. The van der Waals surface area contributed by atoms with Crippen molar-refractivity contribution in [3.63, 3.8) is 0 Å². The molecule has 1 aromatic heterocycles. The number of carbonyl (C=O) groups excluding carboxylic acids is 1. The lowest BCUT2D eigenvalue weighted by Gasteiger charge is -2.31. The largest absolute Gasteiger partial charge is 0.416 e. The van der Waals surface area contributed by atoms with Crippen LogP contribution < -0.4 is 10.5 Å². The fourth-order valence-corrected chi connectivity index (χ4v) is 3.97. The third-order valence-corrected chi connectivity index (χ3v) is 5.87. The minimum atomic E-state index is -4.42. The predicted octanol–water partition coefficient (Wildman–Crippen LogP) is 4.42. The Hall–Kier alpha value is -2.68. The monoisotopic (exact) mass is 451 g/mol. The Balaban J connectivity index is 1.85. The summed E-state index contributed by atoms with van der Waals surface area (Å²) in [6.45, 7) is 6.99. The Bertz CT molecular complexity index is 1010. The molecule has 0 radical (unpaired) electrons. The van der Waals surface area contributed by atoms with Crippen LogP contribution in [-0.2, 0) is 10.9 Å². The molecule has 174 valence electrons. The second-order valence-electron chi connectivity index (χ2n) is 9.21. The molecule has 9 heteroatoms. The van der Waals surface area contributed by atoms with E-state index in [9.17, 15) is 22.8 Å². The van der Waals surface area contributed by atoms with Crippen LogP contribution in [-0.4, -0.2) is 42.1 Å². The number of aromatic amines is 1. The summed E-state index contributed by atoms with van der Waals surface area (Å²) in [5, 5.41) is 0. The van der Waals surface area contributed by atoms with Gasteiger partial charge in [0.2, 0.25) is 5.95 Å². The number of hydrogen-bond donors (Lipinski definition) is 1. The van der Waals surface area contributed by atoms with Crippen LogP contribution in [0.4, 0.5) is 19.1 Å². The summed E-state index contributed by atoms with van der Waals surface area (Å²) >= 11 is 0. The SMILES string of the molecule is CO[C@H]1CCN(c2nc(C(=O)C[C@@H](c3ccc(C(F)(F)F)cc3)C(C)(C)C)cc(=O)[nH]2)C1. The molecule has 2 heterocycles. The molecule has 2 aromatic rings. The first-order chi connectivity index (χ1) is 14.9. The van der Waals surface area contributed by atoms with Gasteiger partial charge in [0.05, 0.1) is 11.7 Å². The lowest BCUT2D eigenvalue weighted by molar-refractivity contribution is -0.137. The van der Waals surface area contributed by atoms with Crippen molar-refractivity contribution in [2.24, 2.45) is 5.41 Å². The van der Waals surface area contributed by atoms with Gasteiger partial charge in [0.15, 0.2) is 5.78 Å². The fourth-order valence-electron chi connectivity index (χ4n) is 3.97. The Labute approximate surface area is 184 Å². The molecule has 1 N–H and O–H groups in total. The normalized spacial score (nSPS) is 18.1. The third kappa shape index (κ3) is 5.56. The Morgan fingerprint density at radius 1 is 1.25 bits per heavy atom. The van der Waals surface area contributed by atoms with Crippen LogP contribution >= 0.6 is 0 Å². The topological polar surface area (TPSA) is 75.3 Å². The van der Waals surface area contributed by atoms with Gasteiger partial charge in [-0.15, -0.1) is 0 Å². The highest BCUT2D eigenvalue weighted by Gasteiger charge is 2.33. The van der Waals surface area contributed by atoms with Crippen LogP contribution in [0.5, 0.6) is 0 Å². The average Bonchev–Trinajstić information content (AvgIpc) is 3.19. The van der Waals surface area contributed by atoms with Gasteiger partial charge in [-0.2, -0.15) is 13.2 Å². The number of rotatable bonds is 6. The Morgan fingerprint density at radius 2 is 1.91 bits per heavy atom. The van der Waals surface area contributed by atoms with Crippen LogP contribution in [0.15, 0.2) is 35.1 Å². The van der Waals surface area contributed by atoms with Crippen molar-refractivity contribution >= 4 is 11.7 Å². The van der Waals surface area contributed by atoms with Gasteiger partial charge in [-0.1, -0.05) is 32.9 Å². The summed E-state index contributed by atoms with van der Waals surface area (Å²) in [5.41, 5.74) is -0.889. The molecule has 1 saturated heterocycles. The molecular formula is C23H28F3N3O3. The van der Waals surface area contributed by atoms with Crippen molar-refractivity contribution < 1.29 is 22.7 Å². The Morgan fingerprint density at radius 3 is 2.44 bits per heavy atom. The molecule has 0 spiro atoms. The maximum Gasteiger partial charge on any atom is 0.416 e. The first-order valence-corrected chi connectivity index (χ1v) is 10.5. The number of ketones is 1. The lowest BCUT2D eigenvalue weighted by atomic mass is 9.73. The molecule has 0 aliphatic carbocycles. The van der Waals surface area contributed by atoms with Crippen LogP contribution in [0.2, 0.25) is 0 Å². The Kier molecular flexibility index (Phi) is 6.78. The van der Waals surface area contributed by atoms with Crippen LogP contribution in [0.3, 0.4) is 0 Å². The number of nitrogens with zero attached hydrogens (tertiary/aromatic N) is 2. The van der Waals surface area contributed by atoms with Crippen LogP contribution in [0.1, 0.15) is 61.1 Å². The highest BCUT2D eigenvalue weighted by Crippen LogP contribution is 2.39. The zero-order chi connectivity index (χ0) is 23.7. The van der Waals surface area contributed by atoms with Crippen molar-refractivity contribution in [1.82, 2.24) is 9.97 Å². The van der Waals surface area contributed by atoms with Gasteiger partial charge in [0, 0.05) is 32.7 Å². The van der Waals surface area contributed by atoms with Crippen molar-refractivity contribution in [2.45, 2.75) is 51.8 Å². The molecule has 0 unspecified atom stereocenters. The molecule has 1 aliphatic heterocycles. The smallest absolute Gasteiger partial charge is 0.380 e. The van der Waals surface area contributed by atoms with E-state index in [1.165, 1.54) is 18.2 Å². The zero-order valence-corrected chi connectivity index (χ0v) is 18.6. The van der Waals surface area contributed by atoms with Crippen molar-refractivity contribution in [3.8, 4) is 0 Å². The molecule has 1 fully saturated rings. The summed E-state index contributed by atoms with van der Waals surface area (Å²) in [7, 11) is 1.62. The molecule has 1 aliphatic rings. The van der Waals surface area contributed by atoms with Crippen LogP contribution in [0, 0.1) is 5.41 Å². The number of halogens is 3.